The van der Waals surface area contributed by atoms with Gasteiger partial charge in [-0.15, -0.1) is 0 Å². The van der Waals surface area contributed by atoms with E-state index >= 15 is 0 Å². The van der Waals surface area contributed by atoms with Crippen LogP contribution in [0.4, 0.5) is 0 Å². The largest absolute Gasteiger partial charge is 0.481 e. The summed E-state index contributed by atoms with van der Waals surface area (Å²) in [7, 11) is 0. The van der Waals surface area contributed by atoms with Crippen LogP contribution in [-0.2, 0) is 4.79 Å². The zero-order valence-electron chi connectivity index (χ0n) is 13.6. The van der Waals surface area contributed by atoms with E-state index in [0.717, 1.165) is 30.9 Å². The van der Waals surface area contributed by atoms with Crippen molar-refractivity contribution in [3.63, 3.8) is 0 Å². The molecule has 0 aliphatic carbocycles. The third kappa shape index (κ3) is 3.29. The molecule has 0 spiro atoms. The number of hydrogen-bond donors (Lipinski definition) is 1. The van der Waals surface area contributed by atoms with Gasteiger partial charge in [-0.05, 0) is 50.9 Å². The number of aryl methyl sites for hydroxylation is 1. The number of hydrogen-bond acceptors (Lipinski definition) is 3. The Bertz CT molecular complexity index is 678. The minimum atomic E-state index is -0.673. The van der Waals surface area contributed by atoms with E-state index in [0.29, 0.717) is 6.54 Å². The summed E-state index contributed by atoms with van der Waals surface area (Å²) in [6, 6.07) is 8.68. The predicted octanol–water partition coefficient (Wildman–Crippen LogP) is 3.04. The molecule has 0 radical (unpaired) electrons. The molecule has 2 aromatic rings. The lowest BCUT2D eigenvalue weighted by atomic mass is 9.95. The fourth-order valence-electron chi connectivity index (χ4n) is 3.33. The van der Waals surface area contributed by atoms with Gasteiger partial charge in [0.15, 0.2) is 0 Å². The van der Waals surface area contributed by atoms with Crippen molar-refractivity contribution in [3.8, 4) is 5.69 Å². The van der Waals surface area contributed by atoms with E-state index in [1.165, 1.54) is 5.56 Å². The number of piperidine rings is 1. The molecule has 2 unspecified atom stereocenters. The minimum Gasteiger partial charge on any atom is -0.481 e. The highest BCUT2D eigenvalue weighted by Crippen LogP contribution is 2.27. The molecule has 1 aliphatic rings. The van der Waals surface area contributed by atoms with Crippen molar-refractivity contribution in [2.45, 2.75) is 32.7 Å². The average Bonchev–Trinajstić information content (AvgIpc) is 3.00. The molecule has 5 heteroatoms. The number of aliphatic carboxylic acids is 1. The number of carboxylic acids is 1. The number of carbonyl (C=O) groups is 1. The summed E-state index contributed by atoms with van der Waals surface area (Å²) in [5.41, 5.74) is 2.32. The Morgan fingerprint density at radius 2 is 2.09 bits per heavy atom. The molecule has 3 rings (SSSR count). The van der Waals surface area contributed by atoms with Gasteiger partial charge in [-0.1, -0.05) is 12.1 Å². The second kappa shape index (κ2) is 6.54. The number of nitrogens with zero attached hydrogens (tertiary/aromatic N) is 3. The second-order valence-electron chi connectivity index (χ2n) is 6.28. The molecule has 1 fully saturated rings. The molecule has 1 saturated heterocycles. The van der Waals surface area contributed by atoms with Gasteiger partial charge in [0, 0.05) is 30.7 Å². The van der Waals surface area contributed by atoms with E-state index in [1.807, 2.05) is 13.1 Å². The molecule has 23 heavy (non-hydrogen) atoms. The van der Waals surface area contributed by atoms with Gasteiger partial charge < -0.3 is 9.67 Å². The van der Waals surface area contributed by atoms with E-state index < -0.39 is 5.97 Å². The smallest absolute Gasteiger partial charge is 0.307 e. The Labute approximate surface area is 136 Å². The Morgan fingerprint density at radius 1 is 1.35 bits per heavy atom. The summed E-state index contributed by atoms with van der Waals surface area (Å²) in [6.07, 6.45) is 5.49. The SMILES string of the molecule is Cc1nccn1-c1ccc(C(C)N2CCCC(C(=O)O)C2)cc1. The lowest BCUT2D eigenvalue weighted by Crippen LogP contribution is -2.40. The third-order valence-corrected chi connectivity index (χ3v) is 4.83. The van der Waals surface area contributed by atoms with E-state index in [4.69, 9.17) is 0 Å². The summed E-state index contributed by atoms with van der Waals surface area (Å²) in [5, 5.41) is 9.24. The molecule has 0 amide bonds. The van der Waals surface area contributed by atoms with Crippen molar-refractivity contribution in [2.24, 2.45) is 5.92 Å². The summed E-state index contributed by atoms with van der Waals surface area (Å²) in [6.45, 7) is 5.74. The Balaban J connectivity index is 1.74. The monoisotopic (exact) mass is 313 g/mol. The summed E-state index contributed by atoms with van der Waals surface area (Å²) in [4.78, 5) is 17.8. The van der Waals surface area contributed by atoms with Crippen LogP contribution in [0.5, 0.6) is 0 Å². The van der Waals surface area contributed by atoms with E-state index in [-0.39, 0.29) is 12.0 Å². The van der Waals surface area contributed by atoms with Gasteiger partial charge in [0.05, 0.1) is 5.92 Å². The Morgan fingerprint density at radius 3 is 2.70 bits per heavy atom. The minimum absolute atomic E-state index is 0.232. The maximum Gasteiger partial charge on any atom is 0.307 e. The van der Waals surface area contributed by atoms with Crippen molar-refractivity contribution in [1.29, 1.82) is 0 Å². The maximum atomic E-state index is 11.2. The average molecular weight is 313 g/mol. The van der Waals surface area contributed by atoms with Gasteiger partial charge >= 0.3 is 5.97 Å². The molecule has 5 nitrogen and oxygen atoms in total. The Kier molecular flexibility index (Phi) is 4.48. The summed E-state index contributed by atoms with van der Waals surface area (Å²) >= 11 is 0. The van der Waals surface area contributed by atoms with E-state index in [2.05, 4.69) is 45.6 Å². The second-order valence-corrected chi connectivity index (χ2v) is 6.28. The van der Waals surface area contributed by atoms with Crippen molar-refractivity contribution >= 4 is 5.97 Å². The summed E-state index contributed by atoms with van der Waals surface area (Å²) in [5.74, 6) is 0.0537. The molecule has 1 N–H and O–H groups in total. The van der Waals surface area contributed by atoms with E-state index in [1.54, 1.807) is 6.20 Å². The van der Waals surface area contributed by atoms with Crippen LogP contribution in [0.25, 0.3) is 5.69 Å². The maximum absolute atomic E-state index is 11.2. The highest BCUT2D eigenvalue weighted by atomic mass is 16.4. The number of aromatic nitrogens is 2. The summed E-state index contributed by atoms with van der Waals surface area (Å²) < 4.78 is 2.05. The van der Waals surface area contributed by atoms with Crippen LogP contribution >= 0.6 is 0 Å². The zero-order chi connectivity index (χ0) is 16.4. The standard InChI is InChI=1S/C18H23N3O2/c1-13(20-10-3-4-16(12-20)18(22)23)15-5-7-17(8-6-15)21-11-9-19-14(21)2/h5-9,11,13,16H,3-4,10,12H2,1-2H3,(H,22,23). The molecule has 1 aliphatic heterocycles. The van der Waals surface area contributed by atoms with Gasteiger partial charge in [0.25, 0.3) is 0 Å². The van der Waals surface area contributed by atoms with Crippen LogP contribution in [-0.4, -0.2) is 38.6 Å². The molecular weight excluding hydrogens is 290 g/mol. The predicted molar refractivity (Wildman–Crippen MR) is 88.6 cm³/mol. The van der Waals surface area contributed by atoms with Crippen LogP contribution in [0.3, 0.4) is 0 Å². The van der Waals surface area contributed by atoms with Crippen molar-refractivity contribution < 1.29 is 9.90 Å². The van der Waals surface area contributed by atoms with Crippen molar-refractivity contribution in [2.75, 3.05) is 13.1 Å². The third-order valence-electron chi connectivity index (χ3n) is 4.83. The highest BCUT2D eigenvalue weighted by molar-refractivity contribution is 5.70. The van der Waals surface area contributed by atoms with Crippen LogP contribution in [0.2, 0.25) is 0 Å². The molecule has 2 atom stereocenters. The fourth-order valence-corrected chi connectivity index (χ4v) is 3.33. The molecule has 1 aromatic carbocycles. The number of carboxylic acid groups (broad SMARTS) is 1. The van der Waals surface area contributed by atoms with Gasteiger partial charge in [-0.25, -0.2) is 4.98 Å². The molecule has 2 heterocycles. The number of benzene rings is 1. The van der Waals surface area contributed by atoms with E-state index in [9.17, 15) is 9.90 Å². The molecule has 0 saturated carbocycles. The first kappa shape index (κ1) is 15.7. The van der Waals surface area contributed by atoms with Crippen LogP contribution in [0, 0.1) is 12.8 Å². The molecule has 1 aromatic heterocycles. The normalized spacial score (nSPS) is 20.3. The first-order valence-corrected chi connectivity index (χ1v) is 8.13. The fraction of sp³-hybridized carbons (Fsp3) is 0.444. The Hall–Kier alpha value is -2.14. The number of rotatable bonds is 4. The first-order chi connectivity index (χ1) is 11.1. The van der Waals surface area contributed by atoms with Crippen molar-refractivity contribution in [1.82, 2.24) is 14.5 Å². The molecule has 122 valence electrons. The molecule has 0 bridgehead atoms. The van der Waals surface area contributed by atoms with Crippen LogP contribution < -0.4 is 0 Å². The molecular formula is C18H23N3O2. The first-order valence-electron chi connectivity index (χ1n) is 8.13. The van der Waals surface area contributed by atoms with Gasteiger partial charge in [-0.2, -0.15) is 0 Å². The number of likely N-dealkylation sites (tertiary alicyclic amines) is 1. The van der Waals surface area contributed by atoms with Crippen molar-refractivity contribution in [3.05, 3.63) is 48.0 Å². The number of imidazole rings is 1. The highest BCUT2D eigenvalue weighted by Gasteiger charge is 2.28. The van der Waals surface area contributed by atoms with Gasteiger partial charge in [-0.3, -0.25) is 9.69 Å². The van der Waals surface area contributed by atoms with Crippen LogP contribution in [0.15, 0.2) is 36.7 Å². The van der Waals surface area contributed by atoms with Gasteiger partial charge in [0.2, 0.25) is 0 Å². The topological polar surface area (TPSA) is 58.4 Å². The van der Waals surface area contributed by atoms with Crippen LogP contribution in [0.1, 0.15) is 37.2 Å². The van der Waals surface area contributed by atoms with Gasteiger partial charge in [0.1, 0.15) is 5.82 Å². The quantitative estimate of drug-likeness (QED) is 0.942. The zero-order valence-corrected chi connectivity index (χ0v) is 13.6. The lowest BCUT2D eigenvalue weighted by Gasteiger charge is -2.35. The lowest BCUT2D eigenvalue weighted by molar-refractivity contribution is -0.143.